The summed E-state index contributed by atoms with van der Waals surface area (Å²) in [6, 6.07) is 10.2. The van der Waals surface area contributed by atoms with Crippen LogP contribution >= 0.6 is 11.3 Å². The van der Waals surface area contributed by atoms with Crippen LogP contribution in [0.15, 0.2) is 41.8 Å². The number of fused-ring (bicyclic) bond motifs is 1. The first-order chi connectivity index (χ1) is 12.8. The first kappa shape index (κ1) is 17.0. The van der Waals surface area contributed by atoms with E-state index in [-0.39, 0.29) is 11.9 Å². The fourth-order valence-electron chi connectivity index (χ4n) is 3.31. The molecule has 1 amide bonds. The maximum absolute atomic E-state index is 12.5. The van der Waals surface area contributed by atoms with Crippen LogP contribution in [0.3, 0.4) is 0 Å². The van der Waals surface area contributed by atoms with Gasteiger partial charge in [0.2, 0.25) is 5.91 Å². The Morgan fingerprint density at radius 2 is 2.12 bits per heavy atom. The number of hydrogen-bond donors (Lipinski definition) is 1. The number of nitrogens with zero attached hydrogens (tertiary/aromatic N) is 1. The molecule has 3 heterocycles. The number of likely N-dealkylation sites (tertiary alicyclic amines) is 1. The van der Waals surface area contributed by atoms with Crippen molar-refractivity contribution in [1.82, 2.24) is 4.90 Å². The molecule has 1 N–H and O–H groups in total. The van der Waals surface area contributed by atoms with Gasteiger partial charge in [-0.1, -0.05) is 6.07 Å². The Balaban J connectivity index is 1.37. The van der Waals surface area contributed by atoms with Crippen LogP contribution in [0.5, 0.6) is 11.5 Å². The van der Waals surface area contributed by atoms with Gasteiger partial charge < -0.3 is 19.7 Å². The smallest absolute Gasteiger partial charge is 0.246 e. The number of anilines is 1. The Kier molecular flexibility index (Phi) is 5.11. The standard InChI is InChI=1S/C20H22N2O3S/c23-20(8-6-17-4-2-12-26-17)22-9-1-3-16(14-22)21-15-5-7-18-19(13-15)25-11-10-24-18/h2,4-8,12-13,16,21H,1,3,9-11,14H2/b8-6+/t16-/m1/s1. The summed E-state index contributed by atoms with van der Waals surface area (Å²) in [5.41, 5.74) is 1.00. The molecule has 0 saturated carbocycles. The van der Waals surface area contributed by atoms with Crippen LogP contribution in [-0.2, 0) is 4.79 Å². The van der Waals surface area contributed by atoms with Crippen LogP contribution in [-0.4, -0.2) is 43.2 Å². The van der Waals surface area contributed by atoms with Gasteiger partial charge in [0.15, 0.2) is 11.5 Å². The minimum atomic E-state index is 0.0760. The lowest BCUT2D eigenvalue weighted by atomic mass is 10.0. The summed E-state index contributed by atoms with van der Waals surface area (Å²) in [7, 11) is 0. The lowest BCUT2D eigenvalue weighted by molar-refractivity contribution is -0.126. The van der Waals surface area contributed by atoms with Gasteiger partial charge in [0, 0.05) is 41.8 Å². The molecule has 1 aromatic heterocycles. The van der Waals surface area contributed by atoms with Crippen molar-refractivity contribution in [2.75, 3.05) is 31.6 Å². The maximum Gasteiger partial charge on any atom is 0.246 e. The highest BCUT2D eigenvalue weighted by Gasteiger charge is 2.23. The number of carbonyl (C=O) groups excluding carboxylic acids is 1. The minimum Gasteiger partial charge on any atom is -0.486 e. The number of amides is 1. The Morgan fingerprint density at radius 3 is 2.96 bits per heavy atom. The average Bonchev–Trinajstić information content (AvgIpc) is 3.20. The number of piperidine rings is 1. The largest absolute Gasteiger partial charge is 0.486 e. The quantitative estimate of drug-likeness (QED) is 0.835. The van der Waals surface area contributed by atoms with E-state index in [9.17, 15) is 4.79 Å². The van der Waals surface area contributed by atoms with Crippen molar-refractivity contribution < 1.29 is 14.3 Å². The number of carbonyl (C=O) groups is 1. The number of ether oxygens (including phenoxy) is 2. The van der Waals surface area contributed by atoms with Crippen LogP contribution in [0.1, 0.15) is 17.7 Å². The molecule has 0 spiro atoms. The molecular weight excluding hydrogens is 348 g/mol. The van der Waals surface area contributed by atoms with Crippen LogP contribution in [0.2, 0.25) is 0 Å². The van der Waals surface area contributed by atoms with E-state index in [1.807, 2.05) is 46.7 Å². The van der Waals surface area contributed by atoms with Gasteiger partial charge in [-0.2, -0.15) is 0 Å². The molecule has 6 heteroatoms. The second kappa shape index (κ2) is 7.83. The van der Waals surface area contributed by atoms with E-state index in [1.54, 1.807) is 17.4 Å². The fraction of sp³-hybridized carbons (Fsp3) is 0.350. The zero-order valence-corrected chi connectivity index (χ0v) is 15.3. The normalized spacial score (nSPS) is 19.5. The van der Waals surface area contributed by atoms with E-state index in [0.717, 1.165) is 41.4 Å². The average molecular weight is 370 g/mol. The fourth-order valence-corrected chi connectivity index (χ4v) is 3.93. The van der Waals surface area contributed by atoms with Gasteiger partial charge >= 0.3 is 0 Å². The predicted molar refractivity (Wildman–Crippen MR) is 104 cm³/mol. The Morgan fingerprint density at radius 1 is 1.23 bits per heavy atom. The van der Waals surface area contributed by atoms with Gasteiger partial charge in [0.05, 0.1) is 0 Å². The number of nitrogens with one attached hydrogen (secondary N) is 1. The molecule has 26 heavy (non-hydrogen) atoms. The molecule has 4 rings (SSSR count). The van der Waals surface area contributed by atoms with E-state index in [1.165, 1.54) is 0 Å². The summed E-state index contributed by atoms with van der Waals surface area (Å²) in [5.74, 6) is 1.65. The molecule has 0 radical (unpaired) electrons. The third kappa shape index (κ3) is 4.02. The lowest BCUT2D eigenvalue weighted by Gasteiger charge is -2.33. The van der Waals surface area contributed by atoms with Crippen LogP contribution in [0, 0.1) is 0 Å². The zero-order chi connectivity index (χ0) is 17.8. The maximum atomic E-state index is 12.5. The summed E-state index contributed by atoms with van der Waals surface area (Å²) in [6.45, 7) is 2.70. The third-order valence-corrected chi connectivity index (χ3v) is 5.42. The first-order valence-corrected chi connectivity index (χ1v) is 9.82. The molecule has 0 aliphatic carbocycles. The summed E-state index contributed by atoms with van der Waals surface area (Å²) in [5, 5.41) is 5.55. The van der Waals surface area contributed by atoms with Crippen molar-refractivity contribution >= 4 is 29.0 Å². The molecule has 136 valence electrons. The molecule has 1 saturated heterocycles. The highest BCUT2D eigenvalue weighted by atomic mass is 32.1. The molecule has 0 unspecified atom stereocenters. The molecule has 0 bridgehead atoms. The van der Waals surface area contributed by atoms with E-state index < -0.39 is 0 Å². The van der Waals surface area contributed by atoms with Crippen molar-refractivity contribution in [3.8, 4) is 11.5 Å². The van der Waals surface area contributed by atoms with Crippen molar-refractivity contribution in [1.29, 1.82) is 0 Å². The highest BCUT2D eigenvalue weighted by Crippen LogP contribution is 2.33. The second-order valence-corrected chi connectivity index (χ2v) is 7.45. The second-order valence-electron chi connectivity index (χ2n) is 6.47. The number of hydrogen-bond acceptors (Lipinski definition) is 5. The van der Waals surface area contributed by atoms with E-state index >= 15 is 0 Å². The predicted octanol–water partition coefficient (Wildman–Crippen LogP) is 3.64. The summed E-state index contributed by atoms with van der Waals surface area (Å²) < 4.78 is 11.2. The van der Waals surface area contributed by atoms with Crippen molar-refractivity contribution in [3.63, 3.8) is 0 Å². The van der Waals surface area contributed by atoms with Gasteiger partial charge in [0.25, 0.3) is 0 Å². The van der Waals surface area contributed by atoms with E-state index in [4.69, 9.17) is 9.47 Å². The van der Waals surface area contributed by atoms with Crippen molar-refractivity contribution in [2.45, 2.75) is 18.9 Å². The monoisotopic (exact) mass is 370 g/mol. The van der Waals surface area contributed by atoms with Crippen molar-refractivity contribution in [2.24, 2.45) is 0 Å². The molecule has 2 aliphatic rings. The van der Waals surface area contributed by atoms with Crippen molar-refractivity contribution in [3.05, 3.63) is 46.7 Å². The first-order valence-electron chi connectivity index (χ1n) is 8.94. The summed E-state index contributed by atoms with van der Waals surface area (Å²) in [6.07, 6.45) is 5.62. The van der Waals surface area contributed by atoms with Gasteiger partial charge in [-0.05, 0) is 42.5 Å². The van der Waals surface area contributed by atoms with E-state index in [2.05, 4.69) is 5.32 Å². The van der Waals surface area contributed by atoms with Crippen LogP contribution < -0.4 is 14.8 Å². The zero-order valence-electron chi connectivity index (χ0n) is 14.5. The van der Waals surface area contributed by atoms with Gasteiger partial charge in [-0.15, -0.1) is 11.3 Å². The Labute approximate surface area is 157 Å². The minimum absolute atomic E-state index is 0.0760. The summed E-state index contributed by atoms with van der Waals surface area (Å²) in [4.78, 5) is 15.5. The molecular formula is C20H22N2O3S. The molecule has 2 aromatic rings. The lowest BCUT2D eigenvalue weighted by Crippen LogP contribution is -2.44. The Bertz CT molecular complexity index is 788. The van der Waals surface area contributed by atoms with E-state index in [0.29, 0.717) is 19.8 Å². The summed E-state index contributed by atoms with van der Waals surface area (Å²) >= 11 is 1.63. The van der Waals surface area contributed by atoms with Gasteiger partial charge in [-0.3, -0.25) is 4.79 Å². The number of rotatable bonds is 4. The van der Waals surface area contributed by atoms with Gasteiger partial charge in [-0.25, -0.2) is 0 Å². The molecule has 1 atom stereocenters. The molecule has 1 fully saturated rings. The van der Waals surface area contributed by atoms with Crippen LogP contribution in [0.4, 0.5) is 5.69 Å². The SMILES string of the molecule is O=C(/C=C/c1cccs1)N1CCC[C@@H](Nc2ccc3c(c2)OCCO3)C1. The molecule has 5 nitrogen and oxygen atoms in total. The number of thiophene rings is 1. The molecule has 1 aromatic carbocycles. The highest BCUT2D eigenvalue weighted by molar-refractivity contribution is 7.10. The van der Waals surface area contributed by atoms with Gasteiger partial charge in [0.1, 0.15) is 13.2 Å². The number of benzene rings is 1. The van der Waals surface area contributed by atoms with Crippen LogP contribution in [0.25, 0.3) is 6.08 Å². The Hall–Kier alpha value is -2.47. The third-order valence-electron chi connectivity index (χ3n) is 4.58. The topological polar surface area (TPSA) is 50.8 Å². The molecule has 2 aliphatic heterocycles.